The number of hydrogen-bond acceptors (Lipinski definition) is 3. The number of benzene rings is 1. The highest BCUT2D eigenvalue weighted by Gasteiger charge is 2.15. The average molecular weight is 231 g/mol. The van der Waals surface area contributed by atoms with Gasteiger partial charge in [0.25, 0.3) is 0 Å². The number of aromatic nitrogens is 1. The number of para-hydroxylation sites is 1. The van der Waals surface area contributed by atoms with Gasteiger partial charge in [0.2, 0.25) is 0 Å². The first-order valence-corrected chi connectivity index (χ1v) is 5.47. The predicted octanol–water partition coefficient (Wildman–Crippen LogP) is 2.30. The molecular weight excluding hydrogens is 218 g/mol. The van der Waals surface area contributed by atoms with Crippen LogP contribution in [0, 0.1) is 0 Å². The fraction of sp³-hybridized carbons (Fsp3) is 0.231. The van der Waals surface area contributed by atoms with Crippen LogP contribution in [0.25, 0.3) is 10.9 Å². The van der Waals surface area contributed by atoms with Crippen molar-refractivity contribution in [3.8, 4) is 0 Å². The van der Waals surface area contributed by atoms with Crippen LogP contribution in [0.2, 0.25) is 0 Å². The molecule has 0 fully saturated rings. The molecule has 0 aliphatic carbocycles. The standard InChI is InChI=1S/C13H13NO3/c1-2-17-13(16)7-12(15)10-8-14-11-6-4-3-5-9(10)11/h3-6,8,14H,2,7H2,1H3. The second kappa shape index (κ2) is 4.82. The molecule has 17 heavy (non-hydrogen) atoms. The SMILES string of the molecule is CCOC(=O)CC(=O)c1c[nH]c2ccccc12. The second-order valence-corrected chi connectivity index (χ2v) is 3.65. The Morgan fingerprint density at radius 1 is 1.29 bits per heavy atom. The Morgan fingerprint density at radius 2 is 2.06 bits per heavy atom. The molecule has 88 valence electrons. The molecule has 0 aliphatic rings. The summed E-state index contributed by atoms with van der Waals surface area (Å²) in [5, 5.41) is 0.835. The van der Waals surface area contributed by atoms with E-state index in [0.29, 0.717) is 12.2 Å². The summed E-state index contributed by atoms with van der Waals surface area (Å²) in [6, 6.07) is 7.48. The molecule has 0 atom stereocenters. The van der Waals surface area contributed by atoms with Crippen molar-refractivity contribution >= 4 is 22.7 Å². The summed E-state index contributed by atoms with van der Waals surface area (Å²) in [4.78, 5) is 26.1. The lowest BCUT2D eigenvalue weighted by atomic mass is 10.1. The smallest absolute Gasteiger partial charge is 0.313 e. The molecule has 0 amide bonds. The van der Waals surface area contributed by atoms with Gasteiger partial charge < -0.3 is 9.72 Å². The molecule has 4 heteroatoms. The van der Waals surface area contributed by atoms with E-state index in [-0.39, 0.29) is 12.2 Å². The van der Waals surface area contributed by atoms with Crippen LogP contribution in [0.5, 0.6) is 0 Å². The highest BCUT2D eigenvalue weighted by atomic mass is 16.5. The zero-order valence-corrected chi connectivity index (χ0v) is 9.53. The van der Waals surface area contributed by atoms with Crippen molar-refractivity contribution in [2.75, 3.05) is 6.61 Å². The third kappa shape index (κ3) is 2.36. The number of carbonyl (C=O) groups is 2. The summed E-state index contributed by atoms with van der Waals surface area (Å²) in [6.07, 6.45) is 1.42. The van der Waals surface area contributed by atoms with Crippen molar-refractivity contribution in [2.45, 2.75) is 13.3 Å². The maximum atomic E-state index is 11.9. The number of nitrogens with one attached hydrogen (secondary N) is 1. The number of fused-ring (bicyclic) bond motifs is 1. The van der Waals surface area contributed by atoms with Crippen LogP contribution >= 0.6 is 0 Å². The van der Waals surface area contributed by atoms with Gasteiger partial charge in [0.15, 0.2) is 5.78 Å². The van der Waals surface area contributed by atoms with Gasteiger partial charge in [0.05, 0.1) is 6.61 Å². The van der Waals surface area contributed by atoms with E-state index in [2.05, 4.69) is 4.98 Å². The van der Waals surface area contributed by atoms with E-state index in [1.165, 1.54) is 0 Å². The van der Waals surface area contributed by atoms with Gasteiger partial charge in [-0.15, -0.1) is 0 Å². The van der Waals surface area contributed by atoms with Crippen molar-refractivity contribution in [1.29, 1.82) is 0 Å². The summed E-state index contributed by atoms with van der Waals surface area (Å²) >= 11 is 0. The maximum Gasteiger partial charge on any atom is 0.313 e. The van der Waals surface area contributed by atoms with Crippen LogP contribution in [0.4, 0.5) is 0 Å². The molecule has 1 N–H and O–H groups in total. The Kier molecular flexibility index (Phi) is 3.23. The zero-order valence-electron chi connectivity index (χ0n) is 9.53. The number of Topliss-reactive ketones (excluding diaryl/α,β-unsaturated/α-hetero) is 1. The minimum Gasteiger partial charge on any atom is -0.466 e. The number of rotatable bonds is 4. The molecule has 0 bridgehead atoms. The topological polar surface area (TPSA) is 59.2 Å². The minimum atomic E-state index is -0.484. The van der Waals surface area contributed by atoms with Crippen molar-refractivity contribution < 1.29 is 14.3 Å². The van der Waals surface area contributed by atoms with Gasteiger partial charge in [-0.1, -0.05) is 18.2 Å². The first kappa shape index (κ1) is 11.4. The highest BCUT2D eigenvalue weighted by Crippen LogP contribution is 2.19. The van der Waals surface area contributed by atoms with E-state index in [1.54, 1.807) is 13.1 Å². The number of carbonyl (C=O) groups excluding carboxylic acids is 2. The molecular formula is C13H13NO3. The highest BCUT2D eigenvalue weighted by molar-refractivity contribution is 6.13. The van der Waals surface area contributed by atoms with Crippen LogP contribution in [0.1, 0.15) is 23.7 Å². The van der Waals surface area contributed by atoms with E-state index in [4.69, 9.17) is 4.74 Å². The van der Waals surface area contributed by atoms with Gasteiger partial charge in [-0.05, 0) is 13.0 Å². The van der Waals surface area contributed by atoms with E-state index in [1.807, 2.05) is 24.3 Å². The number of hydrogen-bond donors (Lipinski definition) is 1. The van der Waals surface area contributed by atoms with E-state index in [9.17, 15) is 9.59 Å². The van der Waals surface area contributed by atoms with Crippen molar-refractivity contribution in [1.82, 2.24) is 4.98 Å². The summed E-state index contributed by atoms with van der Waals surface area (Å²) < 4.78 is 4.75. The van der Waals surface area contributed by atoms with Gasteiger partial charge in [0, 0.05) is 22.7 Å². The average Bonchev–Trinajstić information content (AvgIpc) is 2.72. The normalized spacial score (nSPS) is 10.4. The monoisotopic (exact) mass is 231 g/mol. The van der Waals surface area contributed by atoms with Crippen LogP contribution in [0.3, 0.4) is 0 Å². The van der Waals surface area contributed by atoms with E-state index < -0.39 is 5.97 Å². The van der Waals surface area contributed by atoms with E-state index >= 15 is 0 Å². The Labute approximate surface area is 98.6 Å². The number of H-pyrrole nitrogens is 1. The zero-order chi connectivity index (χ0) is 12.3. The van der Waals surface area contributed by atoms with Crippen molar-refractivity contribution in [2.24, 2.45) is 0 Å². The Balaban J connectivity index is 2.22. The first-order valence-electron chi connectivity index (χ1n) is 5.47. The Morgan fingerprint density at radius 3 is 2.82 bits per heavy atom. The van der Waals surface area contributed by atoms with Gasteiger partial charge in [0.1, 0.15) is 6.42 Å². The number of aromatic amines is 1. The molecule has 2 aromatic rings. The maximum absolute atomic E-state index is 11.9. The van der Waals surface area contributed by atoms with Crippen LogP contribution in [-0.2, 0) is 9.53 Å². The number of ketones is 1. The van der Waals surface area contributed by atoms with Crippen molar-refractivity contribution in [3.63, 3.8) is 0 Å². The molecule has 0 spiro atoms. The third-order valence-electron chi connectivity index (χ3n) is 2.50. The fourth-order valence-electron chi connectivity index (χ4n) is 1.74. The first-order chi connectivity index (χ1) is 8.22. The molecule has 1 aromatic carbocycles. The van der Waals surface area contributed by atoms with Gasteiger partial charge in [-0.25, -0.2) is 0 Å². The third-order valence-corrected chi connectivity index (χ3v) is 2.50. The van der Waals surface area contributed by atoms with Gasteiger partial charge in [-0.3, -0.25) is 9.59 Å². The summed E-state index contributed by atoms with van der Waals surface area (Å²) in [7, 11) is 0. The van der Waals surface area contributed by atoms with Crippen LogP contribution in [0.15, 0.2) is 30.5 Å². The lowest BCUT2D eigenvalue weighted by molar-refractivity contribution is -0.141. The minimum absolute atomic E-state index is 0.213. The fourth-order valence-corrected chi connectivity index (χ4v) is 1.74. The summed E-state index contributed by atoms with van der Waals surface area (Å²) in [5.74, 6) is -0.705. The predicted molar refractivity (Wildman–Crippen MR) is 63.9 cm³/mol. The molecule has 1 heterocycles. The summed E-state index contributed by atoms with van der Waals surface area (Å²) in [5.41, 5.74) is 1.42. The Hall–Kier alpha value is -2.10. The van der Waals surface area contributed by atoms with Gasteiger partial charge in [-0.2, -0.15) is 0 Å². The molecule has 2 rings (SSSR count). The summed E-state index contributed by atoms with van der Waals surface area (Å²) in [6.45, 7) is 2.01. The lowest BCUT2D eigenvalue weighted by Gasteiger charge is -2.00. The number of ether oxygens (including phenoxy) is 1. The molecule has 0 saturated heterocycles. The molecule has 0 saturated carbocycles. The quantitative estimate of drug-likeness (QED) is 0.499. The Bertz CT molecular complexity index is 557. The molecule has 0 unspecified atom stereocenters. The van der Waals surface area contributed by atoms with Crippen LogP contribution < -0.4 is 0 Å². The molecule has 4 nitrogen and oxygen atoms in total. The number of esters is 1. The molecule has 0 radical (unpaired) electrons. The second-order valence-electron chi connectivity index (χ2n) is 3.65. The molecule has 1 aromatic heterocycles. The van der Waals surface area contributed by atoms with Crippen LogP contribution in [-0.4, -0.2) is 23.3 Å². The van der Waals surface area contributed by atoms with Crippen molar-refractivity contribution in [3.05, 3.63) is 36.0 Å². The lowest BCUT2D eigenvalue weighted by Crippen LogP contribution is -2.10. The molecule has 0 aliphatic heterocycles. The largest absolute Gasteiger partial charge is 0.466 e. The van der Waals surface area contributed by atoms with E-state index in [0.717, 1.165) is 10.9 Å². The van der Waals surface area contributed by atoms with Gasteiger partial charge >= 0.3 is 5.97 Å².